The standard InChI is InChI=1S/C15H15ClN2O3S/c1-20-12-6-5-10(8-13(12)21-2)18-14(19)9-22-15-11(16)4-3-7-17-15/h3-8H,9H2,1-2H3,(H,18,19). The number of benzene rings is 1. The van der Waals surface area contributed by atoms with Crippen LogP contribution >= 0.6 is 23.4 Å². The van der Waals surface area contributed by atoms with Crippen molar-refractivity contribution in [1.82, 2.24) is 4.98 Å². The molecular weight excluding hydrogens is 324 g/mol. The smallest absolute Gasteiger partial charge is 0.234 e. The summed E-state index contributed by atoms with van der Waals surface area (Å²) in [6.45, 7) is 0. The number of methoxy groups -OCH3 is 2. The van der Waals surface area contributed by atoms with Crippen molar-refractivity contribution in [2.45, 2.75) is 5.03 Å². The number of carbonyl (C=O) groups excluding carboxylic acids is 1. The van der Waals surface area contributed by atoms with Crippen LogP contribution in [-0.4, -0.2) is 30.9 Å². The number of hydrogen-bond acceptors (Lipinski definition) is 5. The number of nitrogens with one attached hydrogen (secondary N) is 1. The van der Waals surface area contributed by atoms with Gasteiger partial charge in [0.1, 0.15) is 5.03 Å². The van der Waals surface area contributed by atoms with Crippen molar-refractivity contribution in [3.05, 3.63) is 41.6 Å². The van der Waals surface area contributed by atoms with E-state index in [9.17, 15) is 4.79 Å². The van der Waals surface area contributed by atoms with Gasteiger partial charge in [-0.1, -0.05) is 23.4 Å². The van der Waals surface area contributed by atoms with Crippen molar-refractivity contribution >= 4 is 35.0 Å². The van der Waals surface area contributed by atoms with Crippen molar-refractivity contribution < 1.29 is 14.3 Å². The minimum absolute atomic E-state index is 0.154. The molecular formula is C15H15ClN2O3S. The van der Waals surface area contributed by atoms with Gasteiger partial charge in [0.2, 0.25) is 5.91 Å². The molecule has 116 valence electrons. The van der Waals surface area contributed by atoms with Gasteiger partial charge in [0.15, 0.2) is 11.5 Å². The summed E-state index contributed by atoms with van der Waals surface area (Å²) in [6, 6.07) is 8.67. The summed E-state index contributed by atoms with van der Waals surface area (Å²) >= 11 is 7.28. The van der Waals surface area contributed by atoms with Crippen LogP contribution in [0.5, 0.6) is 11.5 Å². The van der Waals surface area contributed by atoms with Crippen molar-refractivity contribution in [2.75, 3.05) is 25.3 Å². The molecule has 7 heteroatoms. The van der Waals surface area contributed by atoms with Crippen LogP contribution in [0, 0.1) is 0 Å². The molecule has 0 aliphatic carbocycles. The Morgan fingerprint density at radius 3 is 2.73 bits per heavy atom. The van der Waals surface area contributed by atoms with E-state index in [1.54, 1.807) is 50.7 Å². The molecule has 1 N–H and O–H groups in total. The second-order valence-electron chi connectivity index (χ2n) is 4.20. The molecule has 0 unspecified atom stereocenters. The highest BCUT2D eigenvalue weighted by atomic mass is 35.5. The number of halogens is 1. The number of amides is 1. The van der Waals surface area contributed by atoms with E-state index < -0.39 is 0 Å². The molecule has 0 radical (unpaired) electrons. The number of pyridine rings is 1. The number of carbonyl (C=O) groups is 1. The maximum atomic E-state index is 12.0. The third-order valence-electron chi connectivity index (χ3n) is 2.73. The van der Waals surface area contributed by atoms with E-state index >= 15 is 0 Å². The summed E-state index contributed by atoms with van der Waals surface area (Å²) < 4.78 is 10.3. The van der Waals surface area contributed by atoms with E-state index in [0.29, 0.717) is 27.2 Å². The predicted molar refractivity (Wildman–Crippen MR) is 88.1 cm³/mol. The Morgan fingerprint density at radius 1 is 1.27 bits per heavy atom. The first kappa shape index (κ1) is 16.5. The normalized spacial score (nSPS) is 10.1. The van der Waals surface area contributed by atoms with E-state index in [4.69, 9.17) is 21.1 Å². The third-order valence-corrected chi connectivity index (χ3v) is 4.15. The van der Waals surface area contributed by atoms with Gasteiger partial charge in [-0.25, -0.2) is 4.98 Å². The van der Waals surface area contributed by atoms with E-state index in [-0.39, 0.29) is 11.7 Å². The zero-order chi connectivity index (χ0) is 15.9. The van der Waals surface area contributed by atoms with Crippen LogP contribution in [0.25, 0.3) is 0 Å². The first-order valence-corrected chi connectivity index (χ1v) is 7.75. The minimum atomic E-state index is -0.154. The molecule has 1 amide bonds. The number of thioether (sulfide) groups is 1. The monoisotopic (exact) mass is 338 g/mol. The molecule has 1 aromatic heterocycles. The van der Waals surface area contributed by atoms with Gasteiger partial charge < -0.3 is 14.8 Å². The van der Waals surface area contributed by atoms with Crippen molar-refractivity contribution in [1.29, 1.82) is 0 Å². The number of hydrogen-bond donors (Lipinski definition) is 1. The Bertz CT molecular complexity index is 667. The lowest BCUT2D eigenvalue weighted by Crippen LogP contribution is -2.14. The average Bonchev–Trinajstić information content (AvgIpc) is 2.54. The first-order chi connectivity index (χ1) is 10.6. The highest BCUT2D eigenvalue weighted by Gasteiger charge is 2.09. The molecule has 2 rings (SSSR count). The number of rotatable bonds is 6. The second-order valence-corrected chi connectivity index (χ2v) is 5.57. The van der Waals surface area contributed by atoms with Gasteiger partial charge in [-0.05, 0) is 24.3 Å². The van der Waals surface area contributed by atoms with Crippen molar-refractivity contribution in [3.63, 3.8) is 0 Å². The summed E-state index contributed by atoms with van der Waals surface area (Å²) in [5.41, 5.74) is 0.635. The third kappa shape index (κ3) is 4.29. The van der Waals surface area contributed by atoms with E-state index in [1.807, 2.05) is 0 Å². The van der Waals surface area contributed by atoms with Crippen LogP contribution in [0.4, 0.5) is 5.69 Å². The summed E-state index contributed by atoms with van der Waals surface area (Å²) in [5, 5.41) is 3.96. The fourth-order valence-electron chi connectivity index (χ4n) is 1.72. The molecule has 22 heavy (non-hydrogen) atoms. The summed E-state index contributed by atoms with van der Waals surface area (Å²) in [6.07, 6.45) is 1.64. The van der Waals surface area contributed by atoms with E-state index in [0.717, 1.165) is 0 Å². The molecule has 0 saturated heterocycles. The first-order valence-electron chi connectivity index (χ1n) is 6.39. The van der Waals surface area contributed by atoms with Crippen LogP contribution in [0.1, 0.15) is 0 Å². The van der Waals surface area contributed by atoms with Gasteiger partial charge in [0.25, 0.3) is 0 Å². The SMILES string of the molecule is COc1ccc(NC(=O)CSc2ncccc2Cl)cc1OC. The Labute approximate surface area is 138 Å². The fraction of sp³-hybridized carbons (Fsp3) is 0.200. The fourth-order valence-corrected chi connectivity index (χ4v) is 2.69. The summed E-state index contributed by atoms with van der Waals surface area (Å²) in [4.78, 5) is 16.1. The number of anilines is 1. The molecule has 5 nitrogen and oxygen atoms in total. The molecule has 0 fully saturated rings. The molecule has 0 spiro atoms. The van der Waals surface area contributed by atoms with Crippen LogP contribution < -0.4 is 14.8 Å². The average molecular weight is 339 g/mol. The van der Waals surface area contributed by atoms with E-state index in [1.165, 1.54) is 11.8 Å². The van der Waals surface area contributed by atoms with Gasteiger partial charge >= 0.3 is 0 Å². The molecule has 0 bridgehead atoms. The quantitative estimate of drug-likeness (QED) is 0.817. The van der Waals surface area contributed by atoms with Crippen molar-refractivity contribution in [3.8, 4) is 11.5 Å². The molecule has 1 heterocycles. The highest BCUT2D eigenvalue weighted by Crippen LogP contribution is 2.30. The number of nitrogens with zero attached hydrogens (tertiary/aromatic N) is 1. The Kier molecular flexibility index (Phi) is 5.91. The topological polar surface area (TPSA) is 60.5 Å². The predicted octanol–water partition coefficient (Wildman–Crippen LogP) is 3.48. The second kappa shape index (κ2) is 7.91. The Morgan fingerprint density at radius 2 is 2.05 bits per heavy atom. The molecule has 0 aliphatic rings. The zero-order valence-corrected chi connectivity index (χ0v) is 13.7. The van der Waals surface area contributed by atoms with Crippen LogP contribution in [0.2, 0.25) is 5.02 Å². The Balaban J connectivity index is 1.96. The van der Waals surface area contributed by atoms with Crippen LogP contribution in [-0.2, 0) is 4.79 Å². The lowest BCUT2D eigenvalue weighted by molar-refractivity contribution is -0.113. The van der Waals surface area contributed by atoms with Gasteiger partial charge in [-0.2, -0.15) is 0 Å². The lowest BCUT2D eigenvalue weighted by atomic mass is 10.2. The summed E-state index contributed by atoms with van der Waals surface area (Å²) in [5.74, 6) is 1.22. The van der Waals surface area contributed by atoms with Crippen molar-refractivity contribution in [2.24, 2.45) is 0 Å². The maximum absolute atomic E-state index is 12.0. The van der Waals surface area contributed by atoms with Gasteiger partial charge in [-0.3, -0.25) is 4.79 Å². The van der Waals surface area contributed by atoms with Crippen LogP contribution in [0.15, 0.2) is 41.6 Å². The highest BCUT2D eigenvalue weighted by molar-refractivity contribution is 8.00. The molecule has 0 aliphatic heterocycles. The largest absolute Gasteiger partial charge is 0.493 e. The summed E-state index contributed by atoms with van der Waals surface area (Å²) in [7, 11) is 3.10. The number of aromatic nitrogens is 1. The minimum Gasteiger partial charge on any atom is -0.493 e. The van der Waals surface area contributed by atoms with E-state index in [2.05, 4.69) is 10.3 Å². The maximum Gasteiger partial charge on any atom is 0.234 e. The molecule has 0 atom stereocenters. The number of ether oxygens (including phenoxy) is 2. The lowest BCUT2D eigenvalue weighted by Gasteiger charge is -2.10. The van der Waals surface area contributed by atoms with Crippen LogP contribution in [0.3, 0.4) is 0 Å². The molecule has 0 saturated carbocycles. The van der Waals surface area contributed by atoms with Gasteiger partial charge in [-0.15, -0.1) is 0 Å². The Hall–Kier alpha value is -1.92. The van der Waals surface area contributed by atoms with Gasteiger partial charge in [0, 0.05) is 18.0 Å². The van der Waals surface area contributed by atoms with Gasteiger partial charge in [0.05, 0.1) is 25.0 Å². The molecule has 2 aromatic rings. The molecule has 1 aromatic carbocycles. The zero-order valence-electron chi connectivity index (χ0n) is 12.1.